The van der Waals surface area contributed by atoms with E-state index in [0.29, 0.717) is 17.7 Å². The molecule has 0 saturated heterocycles. The predicted molar refractivity (Wildman–Crippen MR) is 84.3 cm³/mol. The van der Waals surface area contributed by atoms with Crippen molar-refractivity contribution in [2.24, 2.45) is 10.8 Å². The first-order valence-electron chi connectivity index (χ1n) is 7.72. The van der Waals surface area contributed by atoms with Crippen LogP contribution in [-0.4, -0.2) is 23.3 Å². The molecule has 0 bridgehead atoms. The zero-order chi connectivity index (χ0) is 15.8. The van der Waals surface area contributed by atoms with Gasteiger partial charge in [-0.05, 0) is 35.8 Å². The highest BCUT2D eigenvalue weighted by Gasteiger charge is 2.45. The fraction of sp³-hybridized carbons (Fsp3) is 0.556. The average molecular weight is 287 g/mol. The van der Waals surface area contributed by atoms with Gasteiger partial charge in [0.05, 0.1) is 11.1 Å². The Morgan fingerprint density at radius 2 is 1.33 bits per heavy atom. The summed E-state index contributed by atoms with van der Waals surface area (Å²) in [6.07, 6.45) is 1.89. The second-order valence-corrected chi connectivity index (χ2v) is 6.98. The van der Waals surface area contributed by atoms with Crippen LogP contribution in [0, 0.1) is 10.8 Å². The standard InChI is InChI=1S/C18H25NO2/c1-6-18(7-2,17(3,4)5)12-19-15(20)13-10-8-9-11-14(13)16(19)21/h8-11H,6-7,12H2,1-5H3. The Hall–Kier alpha value is -1.64. The highest BCUT2D eigenvalue weighted by Crippen LogP contribution is 2.46. The molecule has 2 rings (SSSR count). The molecule has 0 N–H and O–H groups in total. The van der Waals surface area contributed by atoms with Crippen molar-refractivity contribution in [3.05, 3.63) is 35.4 Å². The minimum absolute atomic E-state index is 0.0336. The van der Waals surface area contributed by atoms with E-state index in [-0.39, 0.29) is 22.6 Å². The van der Waals surface area contributed by atoms with E-state index in [2.05, 4.69) is 34.6 Å². The van der Waals surface area contributed by atoms with Gasteiger partial charge in [0.15, 0.2) is 0 Å². The van der Waals surface area contributed by atoms with Gasteiger partial charge in [0.1, 0.15) is 0 Å². The summed E-state index contributed by atoms with van der Waals surface area (Å²) in [4.78, 5) is 26.5. The van der Waals surface area contributed by atoms with Gasteiger partial charge in [-0.25, -0.2) is 0 Å². The van der Waals surface area contributed by atoms with Gasteiger partial charge in [0.25, 0.3) is 11.8 Å². The number of nitrogens with zero attached hydrogens (tertiary/aromatic N) is 1. The van der Waals surface area contributed by atoms with Crippen LogP contribution in [0.5, 0.6) is 0 Å². The maximum atomic E-state index is 12.5. The number of benzene rings is 1. The number of rotatable bonds is 4. The molecular formula is C18H25NO2. The molecule has 1 aromatic rings. The Labute approximate surface area is 127 Å². The number of imide groups is 1. The smallest absolute Gasteiger partial charge is 0.261 e. The van der Waals surface area contributed by atoms with Crippen molar-refractivity contribution in [1.82, 2.24) is 4.90 Å². The molecule has 0 unspecified atom stereocenters. The number of hydrogen-bond acceptors (Lipinski definition) is 2. The molecule has 3 nitrogen and oxygen atoms in total. The van der Waals surface area contributed by atoms with Gasteiger partial charge in [-0.3, -0.25) is 14.5 Å². The topological polar surface area (TPSA) is 37.4 Å². The molecule has 1 aliphatic rings. The molecule has 0 radical (unpaired) electrons. The molecule has 114 valence electrons. The lowest BCUT2D eigenvalue weighted by Crippen LogP contribution is -2.47. The van der Waals surface area contributed by atoms with Gasteiger partial charge < -0.3 is 0 Å². The van der Waals surface area contributed by atoms with E-state index < -0.39 is 0 Å². The van der Waals surface area contributed by atoms with E-state index in [9.17, 15) is 9.59 Å². The largest absolute Gasteiger partial charge is 0.274 e. The van der Waals surface area contributed by atoms with Crippen LogP contribution >= 0.6 is 0 Å². The second-order valence-electron chi connectivity index (χ2n) is 6.98. The first-order chi connectivity index (χ1) is 9.77. The first kappa shape index (κ1) is 15.7. The van der Waals surface area contributed by atoms with Crippen molar-refractivity contribution in [3.8, 4) is 0 Å². The molecule has 2 amide bonds. The van der Waals surface area contributed by atoms with Gasteiger partial charge >= 0.3 is 0 Å². The molecule has 1 aliphatic heterocycles. The SMILES string of the molecule is CCC(CC)(CN1C(=O)c2ccccc2C1=O)C(C)(C)C. The van der Waals surface area contributed by atoms with Crippen LogP contribution in [0.1, 0.15) is 68.2 Å². The van der Waals surface area contributed by atoms with Crippen molar-refractivity contribution in [2.45, 2.75) is 47.5 Å². The molecule has 3 heteroatoms. The Bertz CT molecular complexity index is 530. The number of carbonyl (C=O) groups is 2. The van der Waals surface area contributed by atoms with Gasteiger partial charge in [-0.2, -0.15) is 0 Å². The molecule has 0 fully saturated rings. The highest BCUT2D eigenvalue weighted by molar-refractivity contribution is 6.21. The minimum Gasteiger partial charge on any atom is -0.274 e. The highest BCUT2D eigenvalue weighted by atomic mass is 16.2. The lowest BCUT2D eigenvalue weighted by atomic mass is 9.63. The van der Waals surface area contributed by atoms with Gasteiger partial charge in [-0.15, -0.1) is 0 Å². The molecule has 0 atom stereocenters. The summed E-state index contributed by atoms with van der Waals surface area (Å²) in [7, 11) is 0. The third-order valence-electron chi connectivity index (χ3n) is 5.28. The number of amides is 2. The number of fused-ring (bicyclic) bond motifs is 1. The van der Waals surface area contributed by atoms with E-state index in [1.54, 1.807) is 12.1 Å². The summed E-state index contributed by atoms with van der Waals surface area (Å²) in [5.41, 5.74) is 1.06. The Morgan fingerprint density at radius 3 is 1.67 bits per heavy atom. The van der Waals surface area contributed by atoms with Crippen LogP contribution in [0.25, 0.3) is 0 Å². The average Bonchev–Trinajstić information content (AvgIpc) is 2.68. The quantitative estimate of drug-likeness (QED) is 0.781. The fourth-order valence-electron chi connectivity index (χ4n) is 3.46. The van der Waals surface area contributed by atoms with Crippen LogP contribution in [0.2, 0.25) is 0 Å². The zero-order valence-electron chi connectivity index (χ0n) is 13.7. The van der Waals surface area contributed by atoms with Gasteiger partial charge in [0, 0.05) is 6.54 Å². The van der Waals surface area contributed by atoms with E-state index in [0.717, 1.165) is 12.8 Å². The van der Waals surface area contributed by atoms with Crippen LogP contribution in [-0.2, 0) is 0 Å². The van der Waals surface area contributed by atoms with Crippen molar-refractivity contribution in [1.29, 1.82) is 0 Å². The second kappa shape index (κ2) is 5.28. The van der Waals surface area contributed by atoms with Crippen molar-refractivity contribution >= 4 is 11.8 Å². The third kappa shape index (κ3) is 2.39. The molecule has 0 aliphatic carbocycles. The summed E-state index contributed by atoms with van der Waals surface area (Å²) in [5, 5.41) is 0. The van der Waals surface area contributed by atoms with Crippen LogP contribution < -0.4 is 0 Å². The Balaban J connectivity index is 2.37. The number of carbonyl (C=O) groups excluding carboxylic acids is 2. The molecule has 0 saturated carbocycles. The normalized spacial score (nSPS) is 15.6. The van der Waals surface area contributed by atoms with E-state index in [1.165, 1.54) is 4.90 Å². The molecule has 0 spiro atoms. The first-order valence-corrected chi connectivity index (χ1v) is 7.72. The monoisotopic (exact) mass is 287 g/mol. The van der Waals surface area contributed by atoms with Gasteiger partial charge in [-0.1, -0.05) is 46.8 Å². The molecule has 0 aromatic heterocycles. The summed E-state index contributed by atoms with van der Waals surface area (Å²) in [5.74, 6) is -0.294. The maximum Gasteiger partial charge on any atom is 0.261 e. The Morgan fingerprint density at radius 1 is 0.905 bits per heavy atom. The van der Waals surface area contributed by atoms with E-state index >= 15 is 0 Å². The molecule has 21 heavy (non-hydrogen) atoms. The molecule has 1 heterocycles. The summed E-state index contributed by atoms with van der Waals surface area (Å²) in [6.45, 7) is 11.4. The van der Waals surface area contributed by atoms with Crippen molar-refractivity contribution < 1.29 is 9.59 Å². The molecule has 1 aromatic carbocycles. The van der Waals surface area contributed by atoms with Gasteiger partial charge in [0.2, 0.25) is 0 Å². The van der Waals surface area contributed by atoms with Crippen LogP contribution in [0.3, 0.4) is 0 Å². The Kier molecular flexibility index (Phi) is 3.96. The van der Waals surface area contributed by atoms with Crippen LogP contribution in [0.15, 0.2) is 24.3 Å². The maximum absolute atomic E-state index is 12.5. The zero-order valence-corrected chi connectivity index (χ0v) is 13.7. The summed E-state index contributed by atoms with van der Waals surface area (Å²) < 4.78 is 0. The fourth-order valence-corrected chi connectivity index (χ4v) is 3.46. The third-order valence-corrected chi connectivity index (χ3v) is 5.28. The summed E-state index contributed by atoms with van der Waals surface area (Å²) >= 11 is 0. The summed E-state index contributed by atoms with van der Waals surface area (Å²) in [6, 6.07) is 7.10. The lowest BCUT2D eigenvalue weighted by molar-refractivity contribution is 0.0251. The number of hydrogen-bond donors (Lipinski definition) is 0. The van der Waals surface area contributed by atoms with Crippen molar-refractivity contribution in [3.63, 3.8) is 0 Å². The van der Waals surface area contributed by atoms with E-state index in [4.69, 9.17) is 0 Å². The lowest BCUT2D eigenvalue weighted by Gasteiger charge is -2.45. The van der Waals surface area contributed by atoms with E-state index in [1.807, 2.05) is 12.1 Å². The van der Waals surface area contributed by atoms with Crippen molar-refractivity contribution in [2.75, 3.05) is 6.54 Å². The minimum atomic E-state index is -0.147. The predicted octanol–water partition coefficient (Wildman–Crippen LogP) is 4.14. The van der Waals surface area contributed by atoms with Crippen LogP contribution in [0.4, 0.5) is 0 Å². The molecular weight excluding hydrogens is 262 g/mol.